The summed E-state index contributed by atoms with van der Waals surface area (Å²) in [6, 6.07) is 0. The Hall–Kier alpha value is -0.960. The fourth-order valence-electron chi connectivity index (χ4n) is 2.32. The molecule has 0 saturated carbocycles. The number of hydrogen-bond donors (Lipinski definition) is 0. The summed E-state index contributed by atoms with van der Waals surface area (Å²) in [5.41, 5.74) is 4.08. The molecule has 4 nitrogen and oxygen atoms in total. The highest BCUT2D eigenvalue weighted by atomic mass is 31.2. The van der Waals surface area contributed by atoms with Gasteiger partial charge in [-0.3, -0.25) is 9.36 Å². The fourth-order valence-corrected chi connectivity index (χ4v) is 3.31. The van der Waals surface area contributed by atoms with Gasteiger partial charge in [0.05, 0.1) is 0 Å². The molecule has 0 aliphatic carbocycles. The van der Waals surface area contributed by atoms with Crippen LogP contribution in [0, 0.1) is 0 Å². The number of carbonyl (C=O) groups is 1. The SMILES string of the molecule is COP(=O)(CC(=O)CCC=C(C)CCC=C(C)CCC=C(C)C)OC. The maximum absolute atomic E-state index is 11.9. The van der Waals surface area contributed by atoms with Crippen LogP contribution in [-0.4, -0.2) is 26.2 Å². The molecule has 0 aliphatic rings. The predicted molar refractivity (Wildman–Crippen MR) is 106 cm³/mol. The first-order chi connectivity index (χ1) is 11.7. The van der Waals surface area contributed by atoms with E-state index < -0.39 is 7.60 Å². The average Bonchev–Trinajstić information content (AvgIpc) is 2.54. The minimum atomic E-state index is -3.23. The van der Waals surface area contributed by atoms with E-state index in [1.54, 1.807) is 0 Å². The summed E-state index contributed by atoms with van der Waals surface area (Å²) in [4.78, 5) is 11.8. The van der Waals surface area contributed by atoms with E-state index in [0.717, 1.165) is 25.7 Å². The zero-order valence-electron chi connectivity index (χ0n) is 16.8. The fraction of sp³-hybridized carbons (Fsp3) is 0.650. The van der Waals surface area contributed by atoms with Crippen molar-refractivity contribution < 1.29 is 18.4 Å². The Morgan fingerprint density at radius 3 is 1.68 bits per heavy atom. The van der Waals surface area contributed by atoms with E-state index in [4.69, 9.17) is 9.05 Å². The highest BCUT2D eigenvalue weighted by Crippen LogP contribution is 2.46. The van der Waals surface area contributed by atoms with Crippen molar-refractivity contribution in [2.24, 2.45) is 0 Å². The number of carbonyl (C=O) groups excluding carboxylic acids is 1. The molecule has 0 aromatic rings. The standard InChI is InChI=1S/C20H35O4P/c1-17(2)10-7-11-18(3)12-8-13-19(4)14-9-15-20(21)16-25(22,23-5)24-6/h10,12,14H,7-9,11,13,15-16H2,1-6H3. The third-order valence-corrected chi connectivity index (χ3v) is 5.82. The van der Waals surface area contributed by atoms with Crippen LogP contribution in [-0.2, 0) is 18.4 Å². The predicted octanol–water partition coefficient (Wildman–Crippen LogP) is 6.24. The van der Waals surface area contributed by atoms with Gasteiger partial charge in [0, 0.05) is 20.6 Å². The van der Waals surface area contributed by atoms with Crippen LogP contribution in [0.1, 0.15) is 66.2 Å². The van der Waals surface area contributed by atoms with Crippen molar-refractivity contribution in [3.05, 3.63) is 34.9 Å². The maximum Gasteiger partial charge on any atom is 0.337 e. The van der Waals surface area contributed by atoms with Gasteiger partial charge in [0.15, 0.2) is 0 Å². The third kappa shape index (κ3) is 13.0. The van der Waals surface area contributed by atoms with Crippen LogP contribution in [0.5, 0.6) is 0 Å². The van der Waals surface area contributed by atoms with Gasteiger partial charge in [-0.15, -0.1) is 0 Å². The van der Waals surface area contributed by atoms with Crippen molar-refractivity contribution in [2.45, 2.75) is 66.2 Å². The summed E-state index contributed by atoms with van der Waals surface area (Å²) in [5.74, 6) is -0.0916. The summed E-state index contributed by atoms with van der Waals surface area (Å²) in [6.07, 6.45) is 11.8. The summed E-state index contributed by atoms with van der Waals surface area (Å²) < 4.78 is 21.5. The molecule has 0 N–H and O–H groups in total. The van der Waals surface area contributed by atoms with Crippen LogP contribution >= 0.6 is 7.60 Å². The average molecular weight is 370 g/mol. The molecule has 0 unspecified atom stereocenters. The Morgan fingerprint density at radius 2 is 1.24 bits per heavy atom. The zero-order valence-corrected chi connectivity index (χ0v) is 17.7. The lowest BCUT2D eigenvalue weighted by Crippen LogP contribution is -2.07. The van der Waals surface area contributed by atoms with E-state index in [1.165, 1.54) is 30.9 Å². The highest BCUT2D eigenvalue weighted by molar-refractivity contribution is 7.54. The smallest absolute Gasteiger partial charge is 0.312 e. The minimum absolute atomic E-state index is 0.0916. The molecule has 144 valence electrons. The van der Waals surface area contributed by atoms with Crippen molar-refractivity contribution in [1.29, 1.82) is 0 Å². The third-order valence-electron chi connectivity index (χ3n) is 3.97. The molecule has 0 atom stereocenters. The van der Waals surface area contributed by atoms with Gasteiger partial charge in [-0.2, -0.15) is 0 Å². The highest BCUT2D eigenvalue weighted by Gasteiger charge is 2.24. The first-order valence-corrected chi connectivity index (χ1v) is 10.6. The van der Waals surface area contributed by atoms with Gasteiger partial charge in [0.1, 0.15) is 11.9 Å². The van der Waals surface area contributed by atoms with Gasteiger partial charge in [-0.05, 0) is 59.8 Å². The molecule has 0 saturated heterocycles. The maximum atomic E-state index is 11.9. The lowest BCUT2D eigenvalue weighted by Gasteiger charge is -2.12. The van der Waals surface area contributed by atoms with E-state index in [1.807, 2.05) is 0 Å². The summed E-state index contributed by atoms with van der Waals surface area (Å²) in [6.45, 7) is 8.52. The van der Waals surface area contributed by atoms with E-state index in [2.05, 4.69) is 45.9 Å². The van der Waals surface area contributed by atoms with Crippen LogP contribution in [0.3, 0.4) is 0 Å². The number of hydrogen-bond acceptors (Lipinski definition) is 4. The van der Waals surface area contributed by atoms with Crippen molar-refractivity contribution in [3.63, 3.8) is 0 Å². The first kappa shape index (κ1) is 24.0. The van der Waals surface area contributed by atoms with E-state index in [0.29, 0.717) is 12.8 Å². The molecule has 0 spiro atoms. The lowest BCUT2D eigenvalue weighted by molar-refractivity contribution is -0.116. The van der Waals surface area contributed by atoms with Crippen molar-refractivity contribution in [1.82, 2.24) is 0 Å². The Kier molecular flexibility index (Phi) is 12.8. The quantitative estimate of drug-likeness (QED) is 0.284. The number of ketones is 1. The molecule has 0 heterocycles. The Labute approximate surface area is 153 Å². The largest absolute Gasteiger partial charge is 0.337 e. The Bertz CT molecular complexity index is 532. The van der Waals surface area contributed by atoms with E-state index in [-0.39, 0.29) is 11.9 Å². The van der Waals surface area contributed by atoms with Crippen LogP contribution in [0.15, 0.2) is 34.9 Å². The number of rotatable bonds is 13. The van der Waals surface area contributed by atoms with Crippen LogP contribution in [0.25, 0.3) is 0 Å². The Morgan fingerprint density at radius 1 is 0.800 bits per heavy atom. The monoisotopic (exact) mass is 370 g/mol. The normalized spacial score (nSPS) is 13.0. The number of Topliss-reactive ketones (excluding diaryl/α,β-unsaturated/α-hetero) is 1. The van der Waals surface area contributed by atoms with Gasteiger partial charge in [0.2, 0.25) is 0 Å². The topological polar surface area (TPSA) is 52.6 Å². The van der Waals surface area contributed by atoms with Crippen molar-refractivity contribution in [3.8, 4) is 0 Å². The molecule has 0 aromatic heterocycles. The molecule has 0 aliphatic heterocycles. The molecule has 0 fully saturated rings. The second-order valence-electron chi connectivity index (χ2n) is 6.67. The molecule has 0 bridgehead atoms. The molecule has 0 aromatic carbocycles. The first-order valence-electron chi connectivity index (χ1n) is 8.89. The summed E-state index contributed by atoms with van der Waals surface area (Å²) in [5, 5.41) is 0. The lowest BCUT2D eigenvalue weighted by atomic mass is 10.1. The molecule has 25 heavy (non-hydrogen) atoms. The van der Waals surface area contributed by atoms with Gasteiger partial charge in [0.25, 0.3) is 0 Å². The second kappa shape index (κ2) is 13.3. The van der Waals surface area contributed by atoms with E-state index in [9.17, 15) is 9.36 Å². The van der Waals surface area contributed by atoms with Crippen molar-refractivity contribution in [2.75, 3.05) is 20.4 Å². The minimum Gasteiger partial charge on any atom is -0.312 e. The number of allylic oxidation sites excluding steroid dienone is 6. The molecular formula is C20H35O4P. The van der Waals surface area contributed by atoms with Crippen LogP contribution in [0.2, 0.25) is 0 Å². The molecule has 0 radical (unpaired) electrons. The van der Waals surface area contributed by atoms with Gasteiger partial charge in [-0.1, -0.05) is 34.9 Å². The molecule has 0 amide bonds. The molecule has 5 heteroatoms. The van der Waals surface area contributed by atoms with Gasteiger partial charge in [-0.25, -0.2) is 0 Å². The van der Waals surface area contributed by atoms with Gasteiger partial charge >= 0.3 is 7.60 Å². The van der Waals surface area contributed by atoms with Crippen molar-refractivity contribution >= 4 is 13.4 Å². The zero-order chi connectivity index (χ0) is 19.3. The second-order valence-corrected chi connectivity index (χ2v) is 8.94. The van der Waals surface area contributed by atoms with Crippen LogP contribution < -0.4 is 0 Å². The van der Waals surface area contributed by atoms with E-state index >= 15 is 0 Å². The molecule has 0 rings (SSSR count). The summed E-state index contributed by atoms with van der Waals surface area (Å²) >= 11 is 0. The Balaban J connectivity index is 4.11. The van der Waals surface area contributed by atoms with Crippen LogP contribution in [0.4, 0.5) is 0 Å². The van der Waals surface area contributed by atoms with Gasteiger partial charge < -0.3 is 9.05 Å². The molecular weight excluding hydrogens is 335 g/mol. The summed E-state index contributed by atoms with van der Waals surface area (Å²) in [7, 11) is -0.623.